The lowest BCUT2D eigenvalue weighted by atomic mass is 9.72. The highest BCUT2D eigenvalue weighted by molar-refractivity contribution is 5.34. The average Bonchev–Trinajstić information content (AvgIpc) is 2.79. The zero-order valence-electron chi connectivity index (χ0n) is 19.8. The van der Waals surface area contributed by atoms with Crippen LogP contribution in [0.2, 0.25) is 0 Å². The summed E-state index contributed by atoms with van der Waals surface area (Å²) in [6.45, 7) is 10.9. The molecule has 0 amide bonds. The molecule has 0 saturated heterocycles. The molecule has 2 nitrogen and oxygen atoms in total. The summed E-state index contributed by atoms with van der Waals surface area (Å²) in [5, 5.41) is 20.4. The number of benzene rings is 2. The first-order chi connectivity index (χ1) is 14.9. The van der Waals surface area contributed by atoms with Crippen LogP contribution in [0.15, 0.2) is 72.8 Å². The maximum absolute atomic E-state index is 10.6. The fourth-order valence-corrected chi connectivity index (χ4v) is 4.88. The van der Waals surface area contributed by atoms with Gasteiger partial charge in [0.15, 0.2) is 0 Å². The highest BCUT2D eigenvalue weighted by atomic mass is 16.3. The van der Waals surface area contributed by atoms with Gasteiger partial charge >= 0.3 is 0 Å². The van der Waals surface area contributed by atoms with E-state index >= 15 is 0 Å². The van der Waals surface area contributed by atoms with Crippen LogP contribution in [-0.4, -0.2) is 22.9 Å². The van der Waals surface area contributed by atoms with Crippen molar-refractivity contribution in [3.05, 3.63) is 83.9 Å². The van der Waals surface area contributed by atoms with E-state index < -0.39 is 0 Å². The fraction of sp³-hybridized carbons (Fsp3) is 0.517. The van der Waals surface area contributed by atoms with E-state index in [0.717, 1.165) is 44.1 Å². The van der Waals surface area contributed by atoms with Gasteiger partial charge in [0.25, 0.3) is 0 Å². The second-order valence-electron chi connectivity index (χ2n) is 9.57. The molecule has 2 heteroatoms. The van der Waals surface area contributed by atoms with Crippen molar-refractivity contribution in [2.24, 2.45) is 0 Å². The van der Waals surface area contributed by atoms with Crippen LogP contribution in [0.3, 0.4) is 0 Å². The lowest BCUT2D eigenvalue weighted by molar-refractivity contribution is 0.142. The summed E-state index contributed by atoms with van der Waals surface area (Å²) in [6, 6.07) is 21.1. The number of hydrogen-bond acceptors (Lipinski definition) is 2. The maximum atomic E-state index is 10.6. The first kappa shape index (κ1) is 25.4. The fourth-order valence-electron chi connectivity index (χ4n) is 4.88. The summed E-state index contributed by atoms with van der Waals surface area (Å²) in [5.41, 5.74) is 3.35. The molecule has 2 N–H and O–H groups in total. The number of aliphatic hydroxyl groups is 2. The molecule has 3 unspecified atom stereocenters. The molecule has 3 atom stereocenters. The first-order valence-electron chi connectivity index (χ1n) is 11.9. The highest BCUT2D eigenvalue weighted by Crippen LogP contribution is 2.37. The molecule has 170 valence electrons. The van der Waals surface area contributed by atoms with Crippen molar-refractivity contribution >= 4 is 0 Å². The molecule has 0 aromatic heterocycles. The van der Waals surface area contributed by atoms with E-state index in [1.165, 1.54) is 24.0 Å². The zero-order chi connectivity index (χ0) is 22.7. The molecule has 31 heavy (non-hydrogen) atoms. The highest BCUT2D eigenvalue weighted by Gasteiger charge is 2.29. The van der Waals surface area contributed by atoms with Crippen molar-refractivity contribution in [1.29, 1.82) is 0 Å². The summed E-state index contributed by atoms with van der Waals surface area (Å²) >= 11 is 0. The predicted molar refractivity (Wildman–Crippen MR) is 132 cm³/mol. The summed E-state index contributed by atoms with van der Waals surface area (Å²) in [6.07, 6.45) is 7.63. The third-order valence-corrected chi connectivity index (χ3v) is 7.13. The number of hydrogen-bond donors (Lipinski definition) is 2. The Morgan fingerprint density at radius 2 is 1.35 bits per heavy atom. The van der Waals surface area contributed by atoms with Gasteiger partial charge in [0, 0.05) is 5.41 Å². The van der Waals surface area contributed by atoms with Crippen molar-refractivity contribution in [2.45, 2.75) is 89.1 Å². The van der Waals surface area contributed by atoms with E-state index in [2.05, 4.69) is 69.8 Å². The van der Waals surface area contributed by atoms with Gasteiger partial charge in [0.05, 0.1) is 12.7 Å². The van der Waals surface area contributed by atoms with Crippen LogP contribution in [0.5, 0.6) is 0 Å². The Kier molecular flexibility index (Phi) is 9.99. The largest absolute Gasteiger partial charge is 0.393 e. The molecule has 0 bridgehead atoms. The van der Waals surface area contributed by atoms with Crippen molar-refractivity contribution in [3.8, 4) is 0 Å². The van der Waals surface area contributed by atoms with Crippen LogP contribution in [0.25, 0.3) is 0 Å². The van der Waals surface area contributed by atoms with Gasteiger partial charge in [-0.1, -0.05) is 101 Å². The lowest BCUT2D eigenvalue weighted by Crippen LogP contribution is -2.27. The third-order valence-electron chi connectivity index (χ3n) is 7.13. The van der Waals surface area contributed by atoms with Gasteiger partial charge in [-0.25, -0.2) is 0 Å². The number of aliphatic hydroxyl groups excluding tert-OH is 2. The molecule has 2 aromatic carbocycles. The average molecular weight is 423 g/mol. The molecular formula is C29H42O2. The second kappa shape index (κ2) is 12.2. The Balaban J connectivity index is 1.87. The second-order valence-corrected chi connectivity index (χ2v) is 9.57. The molecule has 0 saturated carbocycles. The third kappa shape index (κ3) is 7.05. The van der Waals surface area contributed by atoms with Crippen molar-refractivity contribution in [2.75, 3.05) is 6.61 Å². The lowest BCUT2D eigenvalue weighted by Gasteiger charge is -2.32. The first-order valence-corrected chi connectivity index (χ1v) is 11.9. The summed E-state index contributed by atoms with van der Waals surface area (Å²) in [5.74, 6) is 0. The summed E-state index contributed by atoms with van der Waals surface area (Å²) < 4.78 is 0. The van der Waals surface area contributed by atoms with E-state index in [4.69, 9.17) is 0 Å². The number of rotatable bonds is 14. The zero-order valence-corrected chi connectivity index (χ0v) is 19.8. The standard InChI is InChI=1S/C29H42O2/c1-5-20-28(3,25-14-8-6-9-15-25)21-12-18-27(31)19-13-22-29(4,24(2)23-30)26-16-10-7-11-17-26/h6-11,14-17,27,30-31H,2,5,12-13,18-23H2,1,3-4H3. The topological polar surface area (TPSA) is 40.5 Å². The van der Waals surface area contributed by atoms with Gasteiger partial charge in [-0.05, 0) is 60.6 Å². The predicted octanol–water partition coefficient (Wildman–Crippen LogP) is 6.95. The minimum absolute atomic E-state index is 0.0105. The normalized spacial score (nSPS) is 16.3. The molecule has 0 aliphatic heterocycles. The molecule has 0 fully saturated rings. The van der Waals surface area contributed by atoms with E-state index in [0.29, 0.717) is 0 Å². The SMILES string of the molecule is C=C(CO)C(C)(CCCC(O)CCCC(C)(CCC)c1ccccc1)c1ccccc1. The Hall–Kier alpha value is -1.90. The van der Waals surface area contributed by atoms with Crippen LogP contribution in [0, 0.1) is 0 Å². The van der Waals surface area contributed by atoms with Gasteiger partial charge in [0.1, 0.15) is 0 Å². The molecular weight excluding hydrogens is 380 g/mol. The van der Waals surface area contributed by atoms with E-state index in [-0.39, 0.29) is 23.5 Å². The van der Waals surface area contributed by atoms with Gasteiger partial charge in [-0.3, -0.25) is 0 Å². The Bertz CT molecular complexity index is 770. The molecule has 2 aromatic rings. The molecule has 0 aliphatic rings. The smallest absolute Gasteiger partial charge is 0.0647 e. The molecule has 2 rings (SSSR count). The van der Waals surface area contributed by atoms with Crippen LogP contribution >= 0.6 is 0 Å². The molecule has 0 heterocycles. The van der Waals surface area contributed by atoms with E-state index in [1.807, 2.05) is 18.2 Å². The maximum Gasteiger partial charge on any atom is 0.0647 e. The quantitative estimate of drug-likeness (QED) is 0.323. The van der Waals surface area contributed by atoms with Crippen LogP contribution in [0.1, 0.15) is 83.3 Å². The van der Waals surface area contributed by atoms with Crippen LogP contribution in [-0.2, 0) is 10.8 Å². The van der Waals surface area contributed by atoms with Gasteiger partial charge in [-0.2, -0.15) is 0 Å². The van der Waals surface area contributed by atoms with Gasteiger partial charge in [0.2, 0.25) is 0 Å². The summed E-state index contributed by atoms with van der Waals surface area (Å²) in [4.78, 5) is 0. The minimum Gasteiger partial charge on any atom is -0.393 e. The van der Waals surface area contributed by atoms with Gasteiger partial charge in [-0.15, -0.1) is 0 Å². The Morgan fingerprint density at radius 3 is 1.87 bits per heavy atom. The van der Waals surface area contributed by atoms with Crippen molar-refractivity contribution in [3.63, 3.8) is 0 Å². The minimum atomic E-state index is -0.274. The van der Waals surface area contributed by atoms with Crippen molar-refractivity contribution < 1.29 is 10.2 Å². The van der Waals surface area contributed by atoms with Crippen LogP contribution in [0.4, 0.5) is 0 Å². The van der Waals surface area contributed by atoms with Gasteiger partial charge < -0.3 is 10.2 Å². The van der Waals surface area contributed by atoms with E-state index in [9.17, 15) is 10.2 Å². The molecule has 0 spiro atoms. The van der Waals surface area contributed by atoms with Crippen molar-refractivity contribution in [1.82, 2.24) is 0 Å². The van der Waals surface area contributed by atoms with E-state index in [1.54, 1.807) is 0 Å². The Labute approximate surface area is 190 Å². The monoisotopic (exact) mass is 422 g/mol. The molecule has 0 aliphatic carbocycles. The summed E-state index contributed by atoms with van der Waals surface area (Å²) in [7, 11) is 0. The molecule has 0 radical (unpaired) electrons. The Morgan fingerprint density at radius 1 is 0.839 bits per heavy atom. The van der Waals surface area contributed by atoms with Crippen LogP contribution < -0.4 is 0 Å².